The standard InChI is InChI=1S/C13H13ClFNS/c14-13-2-1-12(15)7-11(13)8-16-5-3-10-4-6-17-9-10/h1-2,4,6-7,9,16H,3,5,8H2. The molecule has 0 aliphatic heterocycles. The number of nitrogens with one attached hydrogen (secondary N) is 1. The van der Waals surface area contributed by atoms with E-state index in [1.54, 1.807) is 17.4 Å². The Bertz CT molecular complexity index is 470. The summed E-state index contributed by atoms with van der Waals surface area (Å²) in [5, 5.41) is 8.07. The fourth-order valence-corrected chi connectivity index (χ4v) is 2.46. The van der Waals surface area contributed by atoms with Crippen LogP contribution in [0.15, 0.2) is 35.0 Å². The van der Waals surface area contributed by atoms with E-state index in [2.05, 4.69) is 22.1 Å². The van der Waals surface area contributed by atoms with Crippen LogP contribution in [0.3, 0.4) is 0 Å². The maximum absolute atomic E-state index is 13.0. The number of rotatable bonds is 5. The van der Waals surface area contributed by atoms with Crippen molar-refractivity contribution in [1.29, 1.82) is 0 Å². The average Bonchev–Trinajstić information content (AvgIpc) is 2.82. The zero-order valence-corrected chi connectivity index (χ0v) is 10.8. The van der Waals surface area contributed by atoms with E-state index in [0.717, 1.165) is 18.5 Å². The van der Waals surface area contributed by atoms with Gasteiger partial charge in [0.05, 0.1) is 0 Å². The average molecular weight is 270 g/mol. The molecule has 0 aliphatic carbocycles. The SMILES string of the molecule is Fc1ccc(Cl)c(CNCCc2ccsc2)c1. The zero-order chi connectivity index (χ0) is 12.1. The fraction of sp³-hybridized carbons (Fsp3) is 0.231. The molecule has 1 aromatic heterocycles. The van der Waals surface area contributed by atoms with Gasteiger partial charge in [-0.15, -0.1) is 0 Å². The summed E-state index contributed by atoms with van der Waals surface area (Å²) in [6.07, 6.45) is 0.983. The van der Waals surface area contributed by atoms with Crippen LogP contribution < -0.4 is 5.32 Å². The summed E-state index contributed by atoms with van der Waals surface area (Å²) in [7, 11) is 0. The molecule has 0 bridgehead atoms. The summed E-state index contributed by atoms with van der Waals surface area (Å²) in [6, 6.07) is 6.55. The van der Waals surface area contributed by atoms with Crippen molar-refractivity contribution >= 4 is 22.9 Å². The quantitative estimate of drug-likeness (QED) is 0.813. The number of hydrogen-bond acceptors (Lipinski definition) is 2. The number of benzene rings is 1. The zero-order valence-electron chi connectivity index (χ0n) is 9.25. The summed E-state index contributed by atoms with van der Waals surface area (Å²) in [4.78, 5) is 0. The van der Waals surface area contributed by atoms with Gasteiger partial charge >= 0.3 is 0 Å². The van der Waals surface area contributed by atoms with Crippen molar-refractivity contribution in [2.75, 3.05) is 6.54 Å². The molecule has 1 N–H and O–H groups in total. The highest BCUT2D eigenvalue weighted by Crippen LogP contribution is 2.16. The van der Waals surface area contributed by atoms with Crippen LogP contribution in [0.4, 0.5) is 4.39 Å². The lowest BCUT2D eigenvalue weighted by Gasteiger charge is -2.06. The van der Waals surface area contributed by atoms with Crippen LogP contribution in [0, 0.1) is 5.82 Å². The molecule has 0 fully saturated rings. The van der Waals surface area contributed by atoms with E-state index in [-0.39, 0.29) is 5.82 Å². The van der Waals surface area contributed by atoms with Crippen LogP contribution in [0.1, 0.15) is 11.1 Å². The number of halogens is 2. The summed E-state index contributed by atoms with van der Waals surface area (Å²) >= 11 is 7.67. The highest BCUT2D eigenvalue weighted by Gasteiger charge is 2.01. The van der Waals surface area contributed by atoms with Gasteiger partial charge in [-0.25, -0.2) is 4.39 Å². The predicted octanol–water partition coefficient (Wildman–Crippen LogP) is 3.87. The Morgan fingerprint density at radius 2 is 2.18 bits per heavy atom. The molecule has 0 saturated heterocycles. The van der Waals surface area contributed by atoms with E-state index < -0.39 is 0 Å². The molecule has 0 spiro atoms. The second-order valence-electron chi connectivity index (χ2n) is 3.79. The molecular weight excluding hydrogens is 257 g/mol. The van der Waals surface area contributed by atoms with Gasteiger partial charge in [0.2, 0.25) is 0 Å². The molecule has 1 heterocycles. The summed E-state index contributed by atoms with van der Waals surface area (Å²) in [5.41, 5.74) is 2.13. The number of hydrogen-bond donors (Lipinski definition) is 1. The van der Waals surface area contributed by atoms with Gasteiger partial charge in [0, 0.05) is 11.6 Å². The molecule has 17 heavy (non-hydrogen) atoms. The van der Waals surface area contributed by atoms with Crippen molar-refractivity contribution in [3.8, 4) is 0 Å². The van der Waals surface area contributed by atoms with Gasteiger partial charge in [-0.05, 0) is 59.1 Å². The molecule has 0 aliphatic rings. The molecule has 0 radical (unpaired) electrons. The minimum Gasteiger partial charge on any atom is -0.312 e. The van der Waals surface area contributed by atoms with Crippen molar-refractivity contribution in [2.45, 2.75) is 13.0 Å². The van der Waals surface area contributed by atoms with E-state index in [1.807, 2.05) is 0 Å². The van der Waals surface area contributed by atoms with Gasteiger partial charge in [0.1, 0.15) is 5.82 Å². The van der Waals surface area contributed by atoms with Crippen LogP contribution in [-0.2, 0) is 13.0 Å². The van der Waals surface area contributed by atoms with Crippen molar-refractivity contribution in [2.24, 2.45) is 0 Å². The van der Waals surface area contributed by atoms with Crippen molar-refractivity contribution in [1.82, 2.24) is 5.32 Å². The molecule has 1 nitrogen and oxygen atoms in total. The van der Waals surface area contributed by atoms with Crippen LogP contribution >= 0.6 is 22.9 Å². The summed E-state index contributed by atoms with van der Waals surface area (Å²) in [6.45, 7) is 1.46. The highest BCUT2D eigenvalue weighted by atomic mass is 35.5. The molecule has 2 aromatic rings. The molecule has 4 heteroatoms. The summed E-state index contributed by atoms with van der Waals surface area (Å²) in [5.74, 6) is -0.246. The molecule has 0 amide bonds. The van der Waals surface area contributed by atoms with Crippen LogP contribution in [0.2, 0.25) is 5.02 Å². The van der Waals surface area contributed by atoms with E-state index in [1.165, 1.54) is 17.7 Å². The van der Waals surface area contributed by atoms with Crippen molar-refractivity contribution in [3.05, 3.63) is 57.0 Å². The third kappa shape index (κ3) is 3.80. The third-order valence-electron chi connectivity index (χ3n) is 2.49. The monoisotopic (exact) mass is 269 g/mol. The smallest absolute Gasteiger partial charge is 0.123 e. The Labute approximate surface area is 109 Å². The van der Waals surface area contributed by atoms with E-state index in [4.69, 9.17) is 11.6 Å². The van der Waals surface area contributed by atoms with E-state index >= 15 is 0 Å². The van der Waals surface area contributed by atoms with Gasteiger partial charge in [-0.2, -0.15) is 11.3 Å². The lowest BCUT2D eigenvalue weighted by atomic mass is 10.2. The lowest BCUT2D eigenvalue weighted by molar-refractivity contribution is 0.620. The molecule has 0 unspecified atom stereocenters. The fourth-order valence-electron chi connectivity index (χ4n) is 1.57. The van der Waals surface area contributed by atoms with Gasteiger partial charge in [0.25, 0.3) is 0 Å². The van der Waals surface area contributed by atoms with Gasteiger partial charge in [0.15, 0.2) is 0 Å². The molecule has 2 rings (SSSR count). The molecule has 0 saturated carbocycles. The first-order valence-electron chi connectivity index (χ1n) is 5.41. The Morgan fingerprint density at radius 1 is 1.29 bits per heavy atom. The first-order chi connectivity index (χ1) is 8.25. The topological polar surface area (TPSA) is 12.0 Å². The van der Waals surface area contributed by atoms with Gasteiger partial charge < -0.3 is 5.32 Å². The molecule has 0 atom stereocenters. The molecule has 90 valence electrons. The predicted molar refractivity (Wildman–Crippen MR) is 71.1 cm³/mol. The van der Waals surface area contributed by atoms with Crippen LogP contribution in [0.5, 0.6) is 0 Å². The van der Waals surface area contributed by atoms with Gasteiger partial charge in [-0.3, -0.25) is 0 Å². The second-order valence-corrected chi connectivity index (χ2v) is 4.98. The Balaban J connectivity index is 1.80. The first kappa shape index (κ1) is 12.6. The minimum absolute atomic E-state index is 0.246. The Hall–Kier alpha value is -0.900. The van der Waals surface area contributed by atoms with Crippen molar-refractivity contribution in [3.63, 3.8) is 0 Å². The maximum Gasteiger partial charge on any atom is 0.123 e. The minimum atomic E-state index is -0.246. The summed E-state index contributed by atoms with van der Waals surface area (Å²) < 4.78 is 13.0. The second kappa shape index (κ2) is 6.15. The van der Waals surface area contributed by atoms with E-state index in [9.17, 15) is 4.39 Å². The van der Waals surface area contributed by atoms with Crippen LogP contribution in [-0.4, -0.2) is 6.54 Å². The Kier molecular flexibility index (Phi) is 4.54. The molecule has 1 aromatic carbocycles. The van der Waals surface area contributed by atoms with E-state index in [0.29, 0.717) is 11.6 Å². The maximum atomic E-state index is 13.0. The first-order valence-corrected chi connectivity index (χ1v) is 6.73. The largest absolute Gasteiger partial charge is 0.312 e. The normalized spacial score (nSPS) is 10.7. The highest BCUT2D eigenvalue weighted by molar-refractivity contribution is 7.07. The molecular formula is C13H13ClFNS. The Morgan fingerprint density at radius 3 is 2.94 bits per heavy atom. The number of thiophene rings is 1. The lowest BCUT2D eigenvalue weighted by Crippen LogP contribution is -2.16. The van der Waals surface area contributed by atoms with Crippen molar-refractivity contribution < 1.29 is 4.39 Å². The van der Waals surface area contributed by atoms with Gasteiger partial charge in [-0.1, -0.05) is 11.6 Å². The third-order valence-corrected chi connectivity index (χ3v) is 3.59. The van der Waals surface area contributed by atoms with Crippen LogP contribution in [0.25, 0.3) is 0 Å².